The fourth-order valence-corrected chi connectivity index (χ4v) is 2.10. The number of nitrogens with zero attached hydrogens (tertiary/aromatic N) is 3. The SMILES string of the molecule is COCCn1c(CCl)nnc1-c1c(F)ccc(C)c1F. The van der Waals surface area contributed by atoms with Crippen LogP contribution in [0.2, 0.25) is 0 Å². The molecule has 0 aliphatic carbocycles. The first-order valence-electron chi connectivity index (χ1n) is 6.02. The molecule has 0 N–H and O–H groups in total. The molecule has 108 valence electrons. The van der Waals surface area contributed by atoms with Crippen molar-refractivity contribution < 1.29 is 13.5 Å². The van der Waals surface area contributed by atoms with Crippen LogP contribution in [0.4, 0.5) is 8.78 Å². The van der Waals surface area contributed by atoms with E-state index >= 15 is 0 Å². The second-order valence-corrected chi connectivity index (χ2v) is 4.54. The van der Waals surface area contributed by atoms with Gasteiger partial charge in [0.2, 0.25) is 0 Å². The van der Waals surface area contributed by atoms with E-state index < -0.39 is 11.6 Å². The van der Waals surface area contributed by atoms with Crippen molar-refractivity contribution in [3.8, 4) is 11.4 Å². The van der Waals surface area contributed by atoms with E-state index in [1.807, 2.05) is 0 Å². The van der Waals surface area contributed by atoms with Gasteiger partial charge in [-0.1, -0.05) is 6.07 Å². The standard InChI is InChI=1S/C13H14ClF2N3O/c1-8-3-4-9(15)11(12(8)16)13-18-17-10(7-14)19(13)5-6-20-2/h3-4H,5-7H2,1-2H3. The van der Waals surface area contributed by atoms with E-state index in [9.17, 15) is 8.78 Å². The van der Waals surface area contributed by atoms with Gasteiger partial charge in [0.1, 0.15) is 17.5 Å². The van der Waals surface area contributed by atoms with Gasteiger partial charge in [0, 0.05) is 13.7 Å². The van der Waals surface area contributed by atoms with Crippen molar-refractivity contribution in [2.45, 2.75) is 19.3 Å². The number of alkyl halides is 1. The molecule has 1 aromatic heterocycles. The smallest absolute Gasteiger partial charge is 0.170 e. The monoisotopic (exact) mass is 301 g/mol. The summed E-state index contributed by atoms with van der Waals surface area (Å²) in [5.41, 5.74) is 0.153. The fourth-order valence-electron chi connectivity index (χ4n) is 1.90. The Hall–Kier alpha value is -1.53. The number of methoxy groups -OCH3 is 1. The first-order valence-corrected chi connectivity index (χ1v) is 6.55. The summed E-state index contributed by atoms with van der Waals surface area (Å²) < 4.78 is 34.7. The zero-order valence-corrected chi connectivity index (χ0v) is 11.9. The van der Waals surface area contributed by atoms with E-state index in [1.54, 1.807) is 11.5 Å². The van der Waals surface area contributed by atoms with Crippen LogP contribution in [0.15, 0.2) is 12.1 Å². The second-order valence-electron chi connectivity index (χ2n) is 4.27. The van der Waals surface area contributed by atoms with Crippen molar-refractivity contribution in [1.29, 1.82) is 0 Å². The van der Waals surface area contributed by atoms with E-state index in [-0.39, 0.29) is 17.3 Å². The molecule has 0 saturated heterocycles. The average Bonchev–Trinajstić information content (AvgIpc) is 2.84. The maximum absolute atomic E-state index is 14.2. The van der Waals surface area contributed by atoms with Crippen LogP contribution in [0.5, 0.6) is 0 Å². The predicted molar refractivity (Wildman–Crippen MR) is 71.5 cm³/mol. The number of hydrogen-bond donors (Lipinski definition) is 0. The van der Waals surface area contributed by atoms with Crippen LogP contribution < -0.4 is 0 Å². The minimum absolute atomic E-state index is 0.103. The topological polar surface area (TPSA) is 39.9 Å². The second kappa shape index (κ2) is 6.28. The van der Waals surface area contributed by atoms with Crippen LogP contribution in [0, 0.1) is 18.6 Å². The van der Waals surface area contributed by atoms with Crippen molar-refractivity contribution in [2.24, 2.45) is 0 Å². The number of aryl methyl sites for hydroxylation is 1. The summed E-state index contributed by atoms with van der Waals surface area (Å²) in [6, 6.07) is 2.59. The lowest BCUT2D eigenvalue weighted by Gasteiger charge is -2.11. The highest BCUT2D eigenvalue weighted by Gasteiger charge is 2.21. The maximum atomic E-state index is 14.2. The highest BCUT2D eigenvalue weighted by Crippen LogP contribution is 2.27. The molecule has 2 rings (SSSR count). The summed E-state index contributed by atoms with van der Waals surface area (Å²) in [5.74, 6) is -0.654. The van der Waals surface area contributed by atoms with Gasteiger partial charge in [-0.15, -0.1) is 21.8 Å². The molecule has 1 aromatic carbocycles. The molecule has 0 saturated carbocycles. The highest BCUT2D eigenvalue weighted by atomic mass is 35.5. The van der Waals surface area contributed by atoms with E-state index in [0.717, 1.165) is 0 Å². The summed E-state index contributed by atoms with van der Waals surface area (Å²) >= 11 is 5.77. The van der Waals surface area contributed by atoms with Crippen molar-refractivity contribution >= 4 is 11.6 Å². The Morgan fingerprint density at radius 2 is 2.05 bits per heavy atom. The number of halogens is 3. The van der Waals surface area contributed by atoms with E-state index in [1.165, 1.54) is 19.2 Å². The van der Waals surface area contributed by atoms with Crippen LogP contribution in [-0.4, -0.2) is 28.5 Å². The highest BCUT2D eigenvalue weighted by molar-refractivity contribution is 6.16. The van der Waals surface area contributed by atoms with Gasteiger partial charge < -0.3 is 9.30 Å². The number of rotatable bonds is 5. The molecule has 0 unspecified atom stereocenters. The quantitative estimate of drug-likeness (QED) is 0.797. The molecule has 1 heterocycles. The Morgan fingerprint density at radius 3 is 2.70 bits per heavy atom. The molecule has 0 aliphatic rings. The van der Waals surface area contributed by atoms with Crippen molar-refractivity contribution in [2.75, 3.05) is 13.7 Å². The summed E-state index contributed by atoms with van der Waals surface area (Å²) in [4.78, 5) is 0. The molecule has 0 bridgehead atoms. The summed E-state index contributed by atoms with van der Waals surface area (Å²) in [7, 11) is 1.54. The lowest BCUT2D eigenvalue weighted by molar-refractivity contribution is 0.187. The number of ether oxygens (including phenoxy) is 1. The van der Waals surface area contributed by atoms with Crippen LogP contribution in [-0.2, 0) is 17.2 Å². The first kappa shape index (κ1) is 14.9. The molecule has 20 heavy (non-hydrogen) atoms. The average molecular weight is 302 g/mol. The summed E-state index contributed by atoms with van der Waals surface area (Å²) in [5, 5.41) is 7.73. The fraction of sp³-hybridized carbons (Fsp3) is 0.385. The maximum Gasteiger partial charge on any atom is 0.170 e. The first-order chi connectivity index (χ1) is 9.60. The third-order valence-electron chi connectivity index (χ3n) is 2.97. The third kappa shape index (κ3) is 2.66. The zero-order chi connectivity index (χ0) is 14.7. The molecule has 2 aromatic rings. The van der Waals surface area contributed by atoms with Crippen molar-refractivity contribution in [1.82, 2.24) is 14.8 Å². The Balaban J connectivity index is 2.58. The van der Waals surface area contributed by atoms with Crippen LogP contribution in [0.1, 0.15) is 11.4 Å². The molecule has 7 heteroatoms. The van der Waals surface area contributed by atoms with Crippen LogP contribution in [0.3, 0.4) is 0 Å². The van der Waals surface area contributed by atoms with E-state index in [4.69, 9.17) is 16.3 Å². The number of aromatic nitrogens is 3. The number of benzene rings is 1. The van der Waals surface area contributed by atoms with Gasteiger partial charge in [-0.3, -0.25) is 0 Å². The van der Waals surface area contributed by atoms with Crippen LogP contribution in [0.25, 0.3) is 11.4 Å². The Labute approximate surface area is 120 Å². The molecule has 0 radical (unpaired) electrons. The summed E-state index contributed by atoms with van der Waals surface area (Å²) in [6.45, 7) is 2.30. The lowest BCUT2D eigenvalue weighted by atomic mass is 10.1. The number of hydrogen-bond acceptors (Lipinski definition) is 3. The van der Waals surface area contributed by atoms with Gasteiger partial charge >= 0.3 is 0 Å². The van der Waals surface area contributed by atoms with Crippen molar-refractivity contribution in [3.63, 3.8) is 0 Å². The van der Waals surface area contributed by atoms with Gasteiger partial charge in [-0.25, -0.2) is 8.78 Å². The molecule has 4 nitrogen and oxygen atoms in total. The third-order valence-corrected chi connectivity index (χ3v) is 3.21. The lowest BCUT2D eigenvalue weighted by Crippen LogP contribution is -2.10. The molecule has 0 spiro atoms. The molecule has 0 amide bonds. The van der Waals surface area contributed by atoms with Gasteiger partial charge in [0.25, 0.3) is 0 Å². The van der Waals surface area contributed by atoms with E-state index in [0.29, 0.717) is 24.5 Å². The molecule has 0 aliphatic heterocycles. The minimum Gasteiger partial charge on any atom is -0.383 e. The molecular weight excluding hydrogens is 288 g/mol. The van der Waals surface area contributed by atoms with Crippen molar-refractivity contribution in [3.05, 3.63) is 35.2 Å². The summed E-state index contributed by atoms with van der Waals surface area (Å²) in [6.07, 6.45) is 0. The zero-order valence-electron chi connectivity index (χ0n) is 11.2. The van der Waals surface area contributed by atoms with Gasteiger partial charge in [-0.2, -0.15) is 0 Å². The molecule has 0 fully saturated rings. The Morgan fingerprint density at radius 1 is 1.30 bits per heavy atom. The Kier molecular flexibility index (Phi) is 4.67. The molecular formula is C13H14ClF2N3O. The predicted octanol–water partition coefficient (Wildman–Crippen LogP) is 2.92. The van der Waals surface area contributed by atoms with E-state index in [2.05, 4.69) is 10.2 Å². The van der Waals surface area contributed by atoms with Crippen LogP contribution >= 0.6 is 11.6 Å². The minimum atomic E-state index is -0.680. The van der Waals surface area contributed by atoms with Gasteiger partial charge in [0.05, 0.1) is 18.1 Å². The largest absolute Gasteiger partial charge is 0.383 e. The van der Waals surface area contributed by atoms with Gasteiger partial charge in [0.15, 0.2) is 5.82 Å². The normalized spacial score (nSPS) is 11.1. The Bertz CT molecular complexity index is 616. The molecule has 0 atom stereocenters. The van der Waals surface area contributed by atoms with Gasteiger partial charge in [-0.05, 0) is 18.6 Å².